The zero-order chi connectivity index (χ0) is 13.3. The molecule has 4 nitrogen and oxygen atoms in total. The SMILES string of the molecule is C=C(C(=O)C[C@@H](C)C(=O)OC)N(C)C.II. The topological polar surface area (TPSA) is 46.6 Å². The van der Waals surface area contributed by atoms with Crippen LogP contribution in [0.15, 0.2) is 12.3 Å². The van der Waals surface area contributed by atoms with Crippen molar-refractivity contribution in [3.05, 3.63) is 12.3 Å². The van der Waals surface area contributed by atoms with Crippen molar-refractivity contribution >= 4 is 49.0 Å². The summed E-state index contributed by atoms with van der Waals surface area (Å²) >= 11 is 4.24. The molecule has 0 aliphatic rings. The lowest BCUT2D eigenvalue weighted by atomic mass is 10.0. The molecule has 0 rings (SSSR count). The molecular weight excluding hydrogens is 436 g/mol. The fourth-order valence-electron chi connectivity index (χ4n) is 0.930. The average Bonchev–Trinajstić information content (AvgIpc) is 2.29. The minimum absolute atomic E-state index is 0.132. The van der Waals surface area contributed by atoms with Crippen LogP contribution in [0.2, 0.25) is 0 Å². The standard InChI is InChI=1S/C10H17NO3.I2/c1-7(10(13)14-5)6-9(12)8(2)11(3)4;1-2/h7H,2,6H2,1,3-5H3;/t7-;/m1./s1. The number of nitrogens with zero attached hydrogens (tertiary/aromatic N) is 1. The Labute approximate surface area is 120 Å². The maximum absolute atomic E-state index is 11.5. The lowest BCUT2D eigenvalue weighted by Crippen LogP contribution is -2.23. The maximum Gasteiger partial charge on any atom is 0.308 e. The molecule has 1 atom stereocenters. The molecule has 0 saturated carbocycles. The van der Waals surface area contributed by atoms with E-state index in [1.165, 1.54) is 7.11 Å². The molecular formula is C10H17I2NO3. The van der Waals surface area contributed by atoms with Crippen molar-refractivity contribution in [1.82, 2.24) is 4.90 Å². The lowest BCUT2D eigenvalue weighted by molar-refractivity contribution is -0.146. The van der Waals surface area contributed by atoms with Gasteiger partial charge in [0.25, 0.3) is 0 Å². The quantitative estimate of drug-likeness (QED) is 0.365. The third kappa shape index (κ3) is 7.42. The van der Waals surface area contributed by atoms with E-state index in [0.717, 1.165) is 0 Å². The van der Waals surface area contributed by atoms with E-state index >= 15 is 0 Å². The summed E-state index contributed by atoms with van der Waals surface area (Å²) < 4.78 is 4.52. The molecule has 0 aromatic rings. The van der Waals surface area contributed by atoms with Crippen LogP contribution in [-0.2, 0) is 14.3 Å². The van der Waals surface area contributed by atoms with Gasteiger partial charge >= 0.3 is 5.97 Å². The number of allylic oxidation sites excluding steroid dienone is 1. The first kappa shape index (κ1) is 18.5. The van der Waals surface area contributed by atoms with Crippen molar-refractivity contribution in [2.45, 2.75) is 13.3 Å². The summed E-state index contributed by atoms with van der Waals surface area (Å²) in [5, 5.41) is 0. The Kier molecular flexibility index (Phi) is 11.9. The molecule has 0 aromatic carbocycles. The first-order valence-electron chi connectivity index (χ1n) is 4.51. The van der Waals surface area contributed by atoms with Gasteiger partial charge in [-0.1, -0.05) is 13.5 Å². The van der Waals surface area contributed by atoms with Gasteiger partial charge in [0.05, 0.1) is 18.7 Å². The van der Waals surface area contributed by atoms with Crippen molar-refractivity contribution < 1.29 is 14.3 Å². The van der Waals surface area contributed by atoms with E-state index in [0.29, 0.717) is 5.70 Å². The van der Waals surface area contributed by atoms with Gasteiger partial charge in [-0.15, -0.1) is 0 Å². The van der Waals surface area contributed by atoms with Gasteiger partial charge in [-0.3, -0.25) is 9.59 Å². The number of methoxy groups -OCH3 is 1. The summed E-state index contributed by atoms with van der Waals surface area (Å²) in [6.45, 7) is 5.28. The number of hydrogen-bond acceptors (Lipinski definition) is 4. The molecule has 0 unspecified atom stereocenters. The molecule has 6 heteroatoms. The normalized spacial score (nSPS) is 10.6. The number of halogens is 2. The van der Waals surface area contributed by atoms with E-state index < -0.39 is 5.92 Å². The van der Waals surface area contributed by atoms with E-state index in [2.05, 4.69) is 48.5 Å². The van der Waals surface area contributed by atoms with Gasteiger partial charge in [-0.25, -0.2) is 0 Å². The van der Waals surface area contributed by atoms with E-state index in [1.54, 1.807) is 25.9 Å². The highest BCUT2D eigenvalue weighted by Crippen LogP contribution is 2.09. The summed E-state index contributed by atoms with van der Waals surface area (Å²) in [7, 11) is 4.79. The molecule has 16 heavy (non-hydrogen) atoms. The van der Waals surface area contributed by atoms with Crippen molar-refractivity contribution in [3.63, 3.8) is 0 Å². The van der Waals surface area contributed by atoms with E-state index in [4.69, 9.17) is 0 Å². The largest absolute Gasteiger partial charge is 0.469 e. The van der Waals surface area contributed by atoms with E-state index in [-0.39, 0.29) is 18.2 Å². The minimum Gasteiger partial charge on any atom is -0.469 e. The molecule has 0 spiro atoms. The Bertz CT molecular complexity index is 254. The summed E-state index contributed by atoms with van der Waals surface area (Å²) in [5.41, 5.74) is 0.403. The first-order chi connectivity index (χ1) is 7.40. The lowest BCUT2D eigenvalue weighted by Gasteiger charge is -2.15. The predicted octanol–water partition coefficient (Wildman–Crippen LogP) is 2.60. The second kappa shape index (κ2) is 10.3. The van der Waals surface area contributed by atoms with Crippen LogP contribution in [0, 0.1) is 5.92 Å². The van der Waals surface area contributed by atoms with Crippen LogP contribution in [-0.4, -0.2) is 37.9 Å². The minimum atomic E-state index is -0.413. The van der Waals surface area contributed by atoms with Crippen LogP contribution in [0.4, 0.5) is 0 Å². The number of carbonyl (C=O) groups is 2. The number of carbonyl (C=O) groups excluding carboxylic acids is 2. The molecule has 0 N–H and O–H groups in total. The molecule has 0 bridgehead atoms. The maximum atomic E-state index is 11.5. The smallest absolute Gasteiger partial charge is 0.308 e. The Balaban J connectivity index is 0. The number of Topliss-reactive ketones (excluding diaryl/α,β-unsaturated/α-hetero) is 1. The molecule has 0 amide bonds. The summed E-state index contributed by atoms with van der Waals surface area (Å²) in [4.78, 5) is 24.1. The molecule has 0 aliphatic carbocycles. The van der Waals surface area contributed by atoms with Gasteiger partial charge in [-0.2, -0.15) is 0 Å². The Morgan fingerprint density at radius 3 is 2.12 bits per heavy atom. The van der Waals surface area contributed by atoms with E-state index in [1.807, 2.05) is 0 Å². The second-order valence-electron chi connectivity index (χ2n) is 3.39. The first-order valence-corrected chi connectivity index (χ1v) is 10.8. The molecule has 0 aliphatic heterocycles. The second-order valence-corrected chi connectivity index (χ2v) is 3.39. The van der Waals surface area contributed by atoms with Crippen LogP contribution >= 0.6 is 37.2 Å². The highest BCUT2D eigenvalue weighted by atomic mass is 128. The van der Waals surface area contributed by atoms with Gasteiger partial charge in [-0.05, 0) is 0 Å². The highest BCUT2D eigenvalue weighted by molar-refractivity contribution is 15.0. The fraction of sp³-hybridized carbons (Fsp3) is 0.600. The van der Waals surface area contributed by atoms with Gasteiger partial charge < -0.3 is 9.64 Å². The number of hydrogen-bond donors (Lipinski definition) is 0. The molecule has 0 aromatic heterocycles. The van der Waals surface area contributed by atoms with Crippen molar-refractivity contribution in [2.24, 2.45) is 5.92 Å². The third-order valence-corrected chi connectivity index (χ3v) is 1.96. The van der Waals surface area contributed by atoms with Gasteiger partial charge in [0.15, 0.2) is 5.78 Å². The van der Waals surface area contributed by atoms with E-state index in [9.17, 15) is 9.59 Å². The number of ketones is 1. The Hall–Kier alpha value is 0.140. The van der Waals surface area contributed by atoms with Crippen LogP contribution < -0.4 is 0 Å². The molecule has 94 valence electrons. The number of likely N-dealkylation sites (N-methyl/N-ethyl adjacent to an activating group) is 1. The van der Waals surface area contributed by atoms with Crippen LogP contribution in [0.25, 0.3) is 0 Å². The van der Waals surface area contributed by atoms with Crippen LogP contribution in [0.1, 0.15) is 13.3 Å². The molecule has 0 radical (unpaired) electrons. The van der Waals surface area contributed by atoms with Gasteiger partial charge in [0.1, 0.15) is 0 Å². The monoisotopic (exact) mass is 453 g/mol. The molecule has 0 heterocycles. The van der Waals surface area contributed by atoms with Crippen LogP contribution in [0.5, 0.6) is 0 Å². The van der Waals surface area contributed by atoms with Crippen molar-refractivity contribution in [2.75, 3.05) is 21.2 Å². The average molecular weight is 453 g/mol. The highest BCUT2D eigenvalue weighted by Gasteiger charge is 2.19. The number of esters is 1. The number of rotatable bonds is 5. The third-order valence-electron chi connectivity index (χ3n) is 1.96. The van der Waals surface area contributed by atoms with Crippen molar-refractivity contribution in [3.8, 4) is 0 Å². The predicted molar refractivity (Wildman–Crippen MR) is 81.7 cm³/mol. The summed E-state index contributed by atoms with van der Waals surface area (Å²) in [6.07, 6.45) is 0.143. The zero-order valence-electron chi connectivity index (χ0n) is 9.92. The summed E-state index contributed by atoms with van der Waals surface area (Å²) in [5.74, 6) is -0.915. The fourth-order valence-corrected chi connectivity index (χ4v) is 0.930. The molecule has 0 saturated heterocycles. The van der Waals surface area contributed by atoms with Gasteiger partial charge in [0, 0.05) is 57.7 Å². The van der Waals surface area contributed by atoms with Crippen LogP contribution in [0.3, 0.4) is 0 Å². The summed E-state index contributed by atoms with van der Waals surface area (Å²) in [6, 6.07) is 0. The van der Waals surface area contributed by atoms with Gasteiger partial charge in [0.2, 0.25) is 0 Å². The number of ether oxygens (including phenoxy) is 1. The Morgan fingerprint density at radius 2 is 1.81 bits per heavy atom. The molecule has 0 fully saturated rings. The van der Waals surface area contributed by atoms with Crippen molar-refractivity contribution in [1.29, 1.82) is 0 Å². The zero-order valence-corrected chi connectivity index (χ0v) is 14.2. The Morgan fingerprint density at radius 1 is 1.38 bits per heavy atom.